The molecule has 2 nitrogen and oxygen atoms in total. The van der Waals surface area contributed by atoms with Crippen molar-refractivity contribution in [3.63, 3.8) is 0 Å². The normalized spacial score (nSPS) is 11.5. The summed E-state index contributed by atoms with van der Waals surface area (Å²) in [4.78, 5) is 11.0. The quantitative estimate of drug-likeness (QED) is 0.0273. The van der Waals surface area contributed by atoms with Crippen LogP contribution in [0.3, 0.4) is 0 Å². The zero-order valence-electron chi connectivity index (χ0n) is 45.9. The molecular weight excluding hydrogens is 879 g/mol. The van der Waals surface area contributed by atoms with Gasteiger partial charge in [-0.15, -0.1) is 23.7 Å². The number of rotatable bonds is 45. The van der Waals surface area contributed by atoms with E-state index in [1.54, 1.807) is 0 Å². The summed E-state index contributed by atoms with van der Waals surface area (Å²) in [6.45, 7) is 9.19. The van der Waals surface area contributed by atoms with Gasteiger partial charge in [-0.2, -0.15) is 0 Å². The summed E-state index contributed by atoms with van der Waals surface area (Å²) in [5, 5.41) is 0. The van der Waals surface area contributed by atoms with Gasteiger partial charge in [0.05, 0.1) is 22.8 Å². The maximum atomic E-state index is 5.51. The van der Waals surface area contributed by atoms with E-state index in [4.69, 9.17) is 9.98 Å². The molecular formula is C66H108N2Ni. The minimum Gasteiger partial charge on any atom is -0.251 e. The molecule has 0 aliphatic carbocycles. The Morgan fingerprint density at radius 3 is 0.899 bits per heavy atom. The van der Waals surface area contributed by atoms with Crippen molar-refractivity contribution in [2.45, 2.75) is 310 Å². The van der Waals surface area contributed by atoms with Crippen LogP contribution in [0.4, 0.5) is 11.4 Å². The van der Waals surface area contributed by atoms with Gasteiger partial charge in [-0.05, 0) is 74.6 Å². The molecule has 2 aromatic carbocycles. The first kappa shape index (κ1) is 64.4. The number of nitrogens with zero attached hydrogens (tertiary/aromatic N) is 2. The molecule has 0 fully saturated rings. The first-order chi connectivity index (χ1) is 33.7. The Bertz CT molecular complexity index is 1630. The Hall–Kier alpha value is -2.61. The predicted molar refractivity (Wildman–Crippen MR) is 307 cm³/mol. The molecule has 0 spiro atoms. The Morgan fingerprint density at radius 1 is 0.304 bits per heavy atom. The van der Waals surface area contributed by atoms with Crippen molar-refractivity contribution in [3.8, 4) is 23.7 Å². The monoisotopic (exact) mass is 987 g/mol. The van der Waals surface area contributed by atoms with Crippen molar-refractivity contribution >= 4 is 22.8 Å². The van der Waals surface area contributed by atoms with Crippen LogP contribution < -0.4 is 0 Å². The smallest absolute Gasteiger partial charge is 0.0666 e. The largest absolute Gasteiger partial charge is 0.251 e. The van der Waals surface area contributed by atoms with Gasteiger partial charge in [0, 0.05) is 42.2 Å². The molecule has 69 heavy (non-hydrogen) atoms. The van der Waals surface area contributed by atoms with E-state index >= 15 is 0 Å². The summed E-state index contributed by atoms with van der Waals surface area (Å²) in [5.41, 5.74) is 7.16. The maximum absolute atomic E-state index is 5.51. The van der Waals surface area contributed by atoms with E-state index in [2.05, 4.69) is 99.9 Å². The van der Waals surface area contributed by atoms with Crippen LogP contribution in [-0.4, -0.2) is 11.4 Å². The van der Waals surface area contributed by atoms with Gasteiger partial charge in [0.25, 0.3) is 0 Å². The molecule has 0 N–H and O–H groups in total. The predicted octanol–water partition coefficient (Wildman–Crippen LogP) is 22.1. The van der Waals surface area contributed by atoms with Gasteiger partial charge in [0.1, 0.15) is 0 Å². The van der Waals surface area contributed by atoms with Crippen LogP contribution in [0.25, 0.3) is 0 Å². The molecule has 0 amide bonds. The van der Waals surface area contributed by atoms with Crippen molar-refractivity contribution in [2.75, 3.05) is 0 Å². The topological polar surface area (TPSA) is 24.7 Å². The zero-order valence-corrected chi connectivity index (χ0v) is 46.9. The third-order valence-electron chi connectivity index (χ3n) is 14.0. The van der Waals surface area contributed by atoms with Crippen LogP contribution in [0.5, 0.6) is 0 Å². The number of hydrogen-bond acceptors (Lipinski definition) is 2. The van der Waals surface area contributed by atoms with E-state index in [-0.39, 0.29) is 16.5 Å². The van der Waals surface area contributed by atoms with Crippen molar-refractivity contribution in [1.29, 1.82) is 0 Å². The molecule has 0 unspecified atom stereocenters. The van der Waals surface area contributed by atoms with Gasteiger partial charge >= 0.3 is 0 Å². The Balaban J connectivity index is 0.0000238. The molecule has 0 heterocycles. The molecule has 0 aliphatic rings. The molecule has 0 saturated carbocycles. The third-order valence-corrected chi connectivity index (χ3v) is 14.0. The number of hydrogen-bond donors (Lipinski definition) is 0. The van der Waals surface area contributed by atoms with E-state index in [1.807, 2.05) is 0 Å². The van der Waals surface area contributed by atoms with Crippen molar-refractivity contribution in [1.82, 2.24) is 0 Å². The van der Waals surface area contributed by atoms with Gasteiger partial charge in [-0.1, -0.05) is 270 Å². The zero-order chi connectivity index (χ0) is 48.5. The molecule has 2 rings (SSSR count). The minimum absolute atomic E-state index is 0. The van der Waals surface area contributed by atoms with Crippen LogP contribution >= 0.6 is 0 Å². The van der Waals surface area contributed by atoms with Gasteiger partial charge in [-0.25, -0.2) is 0 Å². The van der Waals surface area contributed by atoms with Gasteiger partial charge in [-0.3, -0.25) is 9.98 Å². The molecule has 2 aromatic rings. The second-order valence-corrected chi connectivity index (χ2v) is 20.4. The first-order valence-electron chi connectivity index (χ1n) is 30.0. The Labute approximate surface area is 440 Å². The molecule has 0 atom stereocenters. The maximum Gasteiger partial charge on any atom is 0.0666 e. The van der Waals surface area contributed by atoms with Gasteiger partial charge < -0.3 is 0 Å². The summed E-state index contributed by atoms with van der Waals surface area (Å²) < 4.78 is 0. The fourth-order valence-corrected chi connectivity index (χ4v) is 9.46. The fourth-order valence-electron chi connectivity index (χ4n) is 9.46. The standard InChI is InChI=1S/C66H108N2.Ni/c1-5-9-13-16-18-20-22-24-26-28-30-32-34-36-38-40-42-44-46-53-61-55-49-51-58-63(61)67-65(57-12-8-4)66(60-48-15-11-7-3)68-64-59-52-50-56-62(64)54-47-45-43-41-39-37-35-33-31-29-27-25-23-21-19-17-14-10-6-2;/h49-52,55-56,58-59H,5-41,46-48,53-54,57,60H2,1-4H3;/b67-65+,68-66-;. The van der Waals surface area contributed by atoms with Crippen LogP contribution in [0, 0.1) is 23.7 Å². The molecule has 0 bridgehead atoms. The minimum atomic E-state index is 0. The molecule has 0 saturated heterocycles. The summed E-state index contributed by atoms with van der Waals surface area (Å²) in [6, 6.07) is 17.6. The van der Waals surface area contributed by atoms with Gasteiger partial charge in [0.2, 0.25) is 0 Å². The SMILES string of the molecule is CCCCCCCCCCCCCCCCCC#CCCc1ccccc1/N=C(CCCCCC)\C(CCCC)=N\c1ccccc1CCC#CCCCCCCCCCCCCCCCCC.[Ni]. The first-order valence-corrected chi connectivity index (χ1v) is 30.0. The van der Waals surface area contributed by atoms with E-state index in [1.165, 1.54) is 234 Å². The average molecular weight is 988 g/mol. The average Bonchev–Trinajstić information content (AvgIpc) is 3.36. The summed E-state index contributed by atoms with van der Waals surface area (Å²) in [7, 11) is 0. The molecule has 0 radical (unpaired) electrons. The van der Waals surface area contributed by atoms with Gasteiger partial charge in [0.15, 0.2) is 0 Å². The third kappa shape index (κ3) is 37.8. The van der Waals surface area contributed by atoms with Crippen molar-refractivity contribution in [3.05, 3.63) is 59.7 Å². The number of para-hydroxylation sites is 2. The van der Waals surface area contributed by atoms with E-state index in [9.17, 15) is 0 Å². The second kappa shape index (κ2) is 50.3. The molecule has 0 aromatic heterocycles. The molecule has 392 valence electrons. The van der Waals surface area contributed by atoms with E-state index in [0.29, 0.717) is 0 Å². The van der Waals surface area contributed by atoms with Crippen molar-refractivity contribution < 1.29 is 16.5 Å². The van der Waals surface area contributed by atoms with Crippen LogP contribution in [0.1, 0.15) is 308 Å². The van der Waals surface area contributed by atoms with Crippen LogP contribution in [0.15, 0.2) is 58.5 Å². The van der Waals surface area contributed by atoms with E-state index in [0.717, 1.165) is 82.0 Å². The Morgan fingerprint density at radius 2 is 0.565 bits per heavy atom. The van der Waals surface area contributed by atoms with Crippen LogP contribution in [-0.2, 0) is 29.3 Å². The van der Waals surface area contributed by atoms with Crippen molar-refractivity contribution in [2.24, 2.45) is 9.98 Å². The van der Waals surface area contributed by atoms with E-state index < -0.39 is 0 Å². The Kier molecular flexibility index (Phi) is 47.0. The number of benzene rings is 2. The molecule has 0 aliphatic heterocycles. The van der Waals surface area contributed by atoms with Crippen LogP contribution in [0.2, 0.25) is 0 Å². The summed E-state index contributed by atoms with van der Waals surface area (Å²) >= 11 is 0. The number of unbranched alkanes of at least 4 members (excludes halogenated alkanes) is 34. The number of aryl methyl sites for hydroxylation is 2. The molecule has 3 heteroatoms. The summed E-state index contributed by atoms with van der Waals surface area (Å²) in [6.07, 6.45) is 57.0. The fraction of sp³-hybridized carbons (Fsp3) is 0.727. The summed E-state index contributed by atoms with van der Waals surface area (Å²) in [5.74, 6) is 14.1. The number of aliphatic imine (C=N–C) groups is 2. The second-order valence-electron chi connectivity index (χ2n) is 20.4.